The van der Waals surface area contributed by atoms with E-state index >= 15 is 0 Å². The van der Waals surface area contributed by atoms with Crippen LogP contribution in [-0.2, 0) is 0 Å². The van der Waals surface area contributed by atoms with Gasteiger partial charge in [0.25, 0.3) is 5.91 Å². The highest BCUT2D eigenvalue weighted by atomic mass is 16.5. The van der Waals surface area contributed by atoms with Crippen LogP contribution in [0.1, 0.15) is 17.3 Å². The largest absolute Gasteiger partial charge is 0.358 e. The molecule has 22 heavy (non-hydrogen) atoms. The van der Waals surface area contributed by atoms with Crippen LogP contribution in [0.25, 0.3) is 11.3 Å². The number of pyridine rings is 1. The zero-order chi connectivity index (χ0) is 15.9. The van der Waals surface area contributed by atoms with Crippen LogP contribution in [0.2, 0.25) is 0 Å². The van der Waals surface area contributed by atoms with Gasteiger partial charge in [0.2, 0.25) is 0 Å². The second-order valence-electron chi connectivity index (χ2n) is 4.65. The van der Waals surface area contributed by atoms with Gasteiger partial charge in [0, 0.05) is 24.9 Å². The first kappa shape index (κ1) is 15.4. The van der Waals surface area contributed by atoms with Gasteiger partial charge in [0.15, 0.2) is 0 Å². The molecule has 5 nitrogen and oxygen atoms in total. The molecule has 0 aliphatic carbocycles. The van der Waals surface area contributed by atoms with E-state index in [1.54, 1.807) is 6.20 Å². The molecular formula is C17H16N2O3. The summed E-state index contributed by atoms with van der Waals surface area (Å²) < 4.78 is 5.74. The molecular weight excluding hydrogens is 280 g/mol. The van der Waals surface area contributed by atoms with Crippen molar-refractivity contribution in [1.29, 1.82) is 0 Å². The lowest BCUT2D eigenvalue weighted by Gasteiger charge is -2.00. The number of rotatable bonds is 1. The lowest BCUT2D eigenvalue weighted by Crippen LogP contribution is -2.06. The third-order valence-electron chi connectivity index (χ3n) is 2.82. The first-order valence-electron chi connectivity index (χ1n) is 6.74. The maximum atomic E-state index is 11.2. The van der Waals surface area contributed by atoms with Crippen LogP contribution in [0.4, 0.5) is 0 Å². The number of hydrogen-bond acceptors (Lipinski definition) is 4. The normalized spacial score (nSPS) is 9.73. The molecule has 112 valence electrons. The van der Waals surface area contributed by atoms with Crippen molar-refractivity contribution in [3.8, 4) is 11.3 Å². The summed E-state index contributed by atoms with van der Waals surface area (Å²) in [5, 5.41) is 0. The predicted octanol–water partition coefficient (Wildman–Crippen LogP) is 3.16. The molecule has 3 rings (SSSR count). The van der Waals surface area contributed by atoms with Crippen molar-refractivity contribution in [2.24, 2.45) is 0 Å². The summed E-state index contributed by atoms with van der Waals surface area (Å²) in [6, 6.07) is 14.4. The van der Waals surface area contributed by atoms with Crippen molar-refractivity contribution < 1.29 is 9.32 Å². The van der Waals surface area contributed by atoms with Crippen LogP contribution in [-0.4, -0.2) is 15.6 Å². The second kappa shape index (κ2) is 7.17. The number of carbonyl (C=O) groups is 1. The van der Waals surface area contributed by atoms with E-state index in [0.717, 1.165) is 10.3 Å². The maximum Gasteiger partial charge on any atom is 0.358 e. The molecule has 0 unspecified atom stereocenters. The number of aryl methyl sites for hydroxylation is 1. The van der Waals surface area contributed by atoms with Gasteiger partial charge in [0.1, 0.15) is 0 Å². The zero-order valence-corrected chi connectivity index (χ0v) is 12.4. The van der Waals surface area contributed by atoms with E-state index in [4.69, 9.17) is 4.52 Å². The highest BCUT2D eigenvalue weighted by molar-refractivity contribution is 5.80. The SMILES string of the molecule is CC(=O)n1oc(=O)cc1-c1ccccc1.Cc1cccnc1. The Bertz CT molecular complexity index is 790. The molecule has 0 N–H and O–H groups in total. The molecule has 0 bridgehead atoms. The summed E-state index contributed by atoms with van der Waals surface area (Å²) in [7, 11) is 0. The van der Waals surface area contributed by atoms with Gasteiger partial charge in [-0.2, -0.15) is 0 Å². The highest BCUT2D eigenvalue weighted by Gasteiger charge is 2.11. The molecule has 0 fully saturated rings. The van der Waals surface area contributed by atoms with E-state index in [1.165, 1.54) is 18.6 Å². The van der Waals surface area contributed by atoms with Crippen molar-refractivity contribution in [2.75, 3.05) is 0 Å². The number of aromatic nitrogens is 2. The molecule has 2 aromatic heterocycles. The van der Waals surface area contributed by atoms with Gasteiger partial charge in [-0.15, -0.1) is 4.74 Å². The minimum Gasteiger partial charge on any atom is -0.328 e. The van der Waals surface area contributed by atoms with E-state index in [-0.39, 0.29) is 5.91 Å². The Morgan fingerprint density at radius 2 is 1.86 bits per heavy atom. The van der Waals surface area contributed by atoms with Gasteiger partial charge < -0.3 is 4.52 Å². The lowest BCUT2D eigenvalue weighted by molar-refractivity contribution is 0.0817. The molecule has 1 aromatic carbocycles. The Labute approximate surface area is 127 Å². The van der Waals surface area contributed by atoms with Crippen molar-refractivity contribution in [1.82, 2.24) is 9.72 Å². The molecule has 0 amide bonds. The highest BCUT2D eigenvalue weighted by Crippen LogP contribution is 2.17. The first-order valence-corrected chi connectivity index (χ1v) is 6.74. The Kier molecular flexibility index (Phi) is 5.03. The smallest absolute Gasteiger partial charge is 0.328 e. The quantitative estimate of drug-likeness (QED) is 0.692. The summed E-state index contributed by atoms with van der Waals surface area (Å²) in [5.41, 5.74) is 1.94. The van der Waals surface area contributed by atoms with Crippen LogP contribution in [0, 0.1) is 6.92 Å². The summed E-state index contributed by atoms with van der Waals surface area (Å²) in [6.07, 6.45) is 3.60. The van der Waals surface area contributed by atoms with Crippen molar-refractivity contribution in [3.63, 3.8) is 0 Å². The van der Waals surface area contributed by atoms with Gasteiger partial charge in [-0.3, -0.25) is 9.78 Å². The average Bonchev–Trinajstić information content (AvgIpc) is 2.92. The minimum atomic E-state index is -0.524. The molecule has 0 aliphatic heterocycles. The van der Waals surface area contributed by atoms with Crippen LogP contribution in [0.3, 0.4) is 0 Å². The van der Waals surface area contributed by atoms with Gasteiger partial charge in [-0.05, 0) is 18.6 Å². The monoisotopic (exact) mass is 296 g/mol. The van der Waals surface area contributed by atoms with Crippen LogP contribution >= 0.6 is 0 Å². The van der Waals surface area contributed by atoms with E-state index in [2.05, 4.69) is 4.98 Å². The summed E-state index contributed by atoms with van der Waals surface area (Å²) in [6.45, 7) is 3.36. The zero-order valence-electron chi connectivity index (χ0n) is 12.4. The number of nitrogens with zero attached hydrogens (tertiary/aromatic N) is 2. The molecule has 0 atom stereocenters. The predicted molar refractivity (Wildman–Crippen MR) is 83.7 cm³/mol. The summed E-state index contributed by atoms with van der Waals surface area (Å²) in [4.78, 5) is 26.1. The number of benzene rings is 1. The third-order valence-corrected chi connectivity index (χ3v) is 2.82. The van der Waals surface area contributed by atoms with Crippen LogP contribution < -0.4 is 5.63 Å². The van der Waals surface area contributed by atoms with Crippen molar-refractivity contribution >= 4 is 5.91 Å². The van der Waals surface area contributed by atoms with Crippen LogP contribution in [0.15, 0.2) is 70.2 Å². The molecule has 0 saturated heterocycles. The fraction of sp³-hybridized carbons (Fsp3) is 0.118. The standard InChI is InChI=1S/C11H9NO3.C6H7N/c1-8(13)12-10(7-11(14)15-12)9-5-3-2-4-6-9;1-6-3-2-4-7-5-6/h2-7H,1H3;2-5H,1H3. The van der Waals surface area contributed by atoms with Gasteiger partial charge in [-0.25, -0.2) is 4.79 Å². The summed E-state index contributed by atoms with van der Waals surface area (Å²) in [5.74, 6) is -0.323. The van der Waals surface area contributed by atoms with E-state index in [0.29, 0.717) is 5.69 Å². The fourth-order valence-corrected chi connectivity index (χ4v) is 1.83. The Balaban J connectivity index is 0.000000211. The van der Waals surface area contributed by atoms with Crippen LogP contribution in [0.5, 0.6) is 0 Å². The van der Waals surface area contributed by atoms with Gasteiger partial charge >= 0.3 is 5.63 Å². The third kappa shape index (κ3) is 4.02. The Hall–Kier alpha value is -2.95. The molecule has 3 aromatic rings. The number of hydrogen-bond donors (Lipinski definition) is 0. The van der Waals surface area contributed by atoms with E-state index in [1.807, 2.05) is 55.6 Å². The van der Waals surface area contributed by atoms with Crippen molar-refractivity contribution in [3.05, 3.63) is 76.9 Å². The van der Waals surface area contributed by atoms with Gasteiger partial charge in [-0.1, -0.05) is 36.4 Å². The first-order chi connectivity index (χ1) is 10.6. The minimum absolute atomic E-state index is 0.323. The molecule has 0 aliphatic rings. The molecule has 0 saturated carbocycles. The molecule has 0 radical (unpaired) electrons. The van der Waals surface area contributed by atoms with Crippen molar-refractivity contribution in [2.45, 2.75) is 13.8 Å². The van der Waals surface area contributed by atoms with E-state index < -0.39 is 5.63 Å². The Morgan fingerprint density at radius 3 is 2.36 bits per heavy atom. The Morgan fingerprint density at radius 1 is 1.14 bits per heavy atom. The van der Waals surface area contributed by atoms with Gasteiger partial charge in [0.05, 0.1) is 11.8 Å². The summed E-state index contributed by atoms with van der Waals surface area (Å²) >= 11 is 0. The number of carbonyl (C=O) groups excluding carboxylic acids is 1. The lowest BCUT2D eigenvalue weighted by atomic mass is 10.1. The fourth-order valence-electron chi connectivity index (χ4n) is 1.83. The molecule has 2 heterocycles. The molecule has 0 spiro atoms. The second-order valence-corrected chi connectivity index (χ2v) is 4.65. The average molecular weight is 296 g/mol. The van der Waals surface area contributed by atoms with E-state index in [9.17, 15) is 9.59 Å². The molecule has 5 heteroatoms. The topological polar surface area (TPSA) is 65.1 Å². The maximum absolute atomic E-state index is 11.2.